The summed E-state index contributed by atoms with van der Waals surface area (Å²) in [4.78, 5) is 16.7. The topological polar surface area (TPSA) is 34.9 Å². The molecule has 3 nitrogen and oxygen atoms in total. The van der Waals surface area contributed by atoms with Crippen molar-refractivity contribution in [2.75, 3.05) is 5.33 Å². The molecule has 0 unspecified atom stereocenters. The zero-order chi connectivity index (χ0) is 12.6. The van der Waals surface area contributed by atoms with E-state index in [2.05, 4.69) is 20.9 Å². The van der Waals surface area contributed by atoms with Crippen LogP contribution in [0.3, 0.4) is 0 Å². The van der Waals surface area contributed by atoms with Crippen molar-refractivity contribution < 1.29 is 0 Å². The van der Waals surface area contributed by atoms with Gasteiger partial charge in [-0.15, -0.1) is 0 Å². The van der Waals surface area contributed by atoms with Gasteiger partial charge in [0.05, 0.1) is 17.2 Å². The summed E-state index contributed by atoms with van der Waals surface area (Å²) in [5, 5.41) is 1.67. The Morgan fingerprint density at radius 1 is 1.33 bits per heavy atom. The maximum Gasteiger partial charge on any atom is 0.261 e. The molecule has 1 aliphatic rings. The van der Waals surface area contributed by atoms with Crippen molar-refractivity contribution in [3.8, 4) is 0 Å². The van der Waals surface area contributed by atoms with Crippen LogP contribution in [0.2, 0.25) is 0 Å². The van der Waals surface area contributed by atoms with Gasteiger partial charge in [-0.2, -0.15) is 0 Å². The molecule has 1 saturated carbocycles. The van der Waals surface area contributed by atoms with Crippen LogP contribution in [0.25, 0.3) is 10.9 Å². The van der Waals surface area contributed by atoms with Gasteiger partial charge in [0.25, 0.3) is 5.56 Å². The highest BCUT2D eigenvalue weighted by molar-refractivity contribution is 9.09. The van der Waals surface area contributed by atoms with Crippen LogP contribution in [0.1, 0.15) is 19.3 Å². The van der Waals surface area contributed by atoms with E-state index in [0.29, 0.717) is 5.39 Å². The molecule has 1 heterocycles. The molecule has 1 aromatic heterocycles. The van der Waals surface area contributed by atoms with E-state index in [1.54, 1.807) is 10.9 Å². The number of hydrogen-bond donors (Lipinski definition) is 0. The number of fused-ring (bicyclic) bond motifs is 1. The zero-order valence-electron chi connectivity index (χ0n) is 10.1. The second-order valence-corrected chi connectivity index (χ2v) is 5.74. The van der Waals surface area contributed by atoms with Gasteiger partial charge < -0.3 is 0 Å². The molecule has 1 fully saturated rings. The molecule has 18 heavy (non-hydrogen) atoms. The lowest BCUT2D eigenvalue weighted by atomic mass is 9.70. The Labute approximate surface area is 114 Å². The molecule has 3 rings (SSSR count). The largest absolute Gasteiger partial charge is 0.298 e. The Balaban J connectivity index is 2.03. The molecule has 0 saturated heterocycles. The fourth-order valence-corrected chi connectivity index (χ4v) is 3.33. The van der Waals surface area contributed by atoms with Gasteiger partial charge in [-0.25, -0.2) is 4.98 Å². The third kappa shape index (κ3) is 1.88. The van der Waals surface area contributed by atoms with Crippen molar-refractivity contribution in [2.24, 2.45) is 5.41 Å². The Bertz CT molecular complexity index is 625. The standard InChI is InChI=1S/C14H15BrN2O/c15-8-14(6-3-7-14)9-17-10-16-12-5-2-1-4-11(12)13(17)18/h1-2,4-5,10H,3,6-9H2. The Morgan fingerprint density at radius 2 is 2.11 bits per heavy atom. The molecule has 0 amide bonds. The van der Waals surface area contributed by atoms with Crippen LogP contribution in [0, 0.1) is 5.41 Å². The minimum absolute atomic E-state index is 0.0767. The van der Waals surface area contributed by atoms with E-state index in [4.69, 9.17) is 0 Å². The highest BCUT2D eigenvalue weighted by Crippen LogP contribution is 2.43. The van der Waals surface area contributed by atoms with Crippen LogP contribution in [-0.4, -0.2) is 14.9 Å². The lowest BCUT2D eigenvalue weighted by molar-refractivity contribution is 0.138. The Morgan fingerprint density at radius 3 is 2.78 bits per heavy atom. The maximum atomic E-state index is 12.4. The molecule has 0 N–H and O–H groups in total. The highest BCUT2D eigenvalue weighted by atomic mass is 79.9. The quantitative estimate of drug-likeness (QED) is 0.817. The van der Waals surface area contributed by atoms with Gasteiger partial charge in [0.1, 0.15) is 0 Å². The summed E-state index contributed by atoms with van der Waals surface area (Å²) < 4.78 is 1.77. The van der Waals surface area contributed by atoms with Crippen LogP contribution in [0.5, 0.6) is 0 Å². The van der Waals surface area contributed by atoms with Crippen LogP contribution in [-0.2, 0) is 6.54 Å². The minimum Gasteiger partial charge on any atom is -0.298 e. The zero-order valence-corrected chi connectivity index (χ0v) is 11.7. The second kappa shape index (κ2) is 4.50. The van der Waals surface area contributed by atoms with Crippen molar-refractivity contribution in [2.45, 2.75) is 25.8 Å². The van der Waals surface area contributed by atoms with Crippen LogP contribution in [0.15, 0.2) is 35.4 Å². The first-order valence-corrected chi connectivity index (χ1v) is 7.36. The van der Waals surface area contributed by atoms with E-state index in [1.807, 2.05) is 24.3 Å². The molecular formula is C14H15BrN2O. The fraction of sp³-hybridized carbons (Fsp3) is 0.429. The van der Waals surface area contributed by atoms with Crippen LogP contribution < -0.4 is 5.56 Å². The third-order valence-corrected chi connectivity index (χ3v) is 5.12. The van der Waals surface area contributed by atoms with Gasteiger partial charge in [-0.1, -0.05) is 34.5 Å². The average Bonchev–Trinajstić information content (AvgIpc) is 2.37. The minimum atomic E-state index is 0.0767. The average molecular weight is 307 g/mol. The number of rotatable bonds is 3. The number of aromatic nitrogens is 2. The molecule has 0 aliphatic heterocycles. The summed E-state index contributed by atoms with van der Waals surface area (Å²) in [6, 6.07) is 7.53. The van der Waals surface area contributed by atoms with Crippen LogP contribution in [0.4, 0.5) is 0 Å². The first kappa shape index (κ1) is 11.9. The number of alkyl halides is 1. The summed E-state index contributed by atoms with van der Waals surface area (Å²) in [6.07, 6.45) is 5.34. The summed E-state index contributed by atoms with van der Waals surface area (Å²) in [6.45, 7) is 0.773. The molecular weight excluding hydrogens is 292 g/mol. The maximum absolute atomic E-state index is 12.4. The number of benzene rings is 1. The lowest BCUT2D eigenvalue weighted by Crippen LogP contribution is -2.39. The van der Waals surface area contributed by atoms with E-state index in [-0.39, 0.29) is 11.0 Å². The summed E-state index contributed by atoms with van der Waals surface area (Å²) in [5.74, 6) is 0. The SMILES string of the molecule is O=c1c2ccccc2ncn1CC1(CBr)CCC1. The van der Waals surface area contributed by atoms with Crippen molar-refractivity contribution in [1.29, 1.82) is 0 Å². The second-order valence-electron chi connectivity index (χ2n) is 5.18. The van der Waals surface area contributed by atoms with Crippen molar-refractivity contribution in [1.82, 2.24) is 9.55 Å². The normalized spacial score (nSPS) is 17.6. The van der Waals surface area contributed by atoms with E-state index in [1.165, 1.54) is 19.3 Å². The van der Waals surface area contributed by atoms with Gasteiger partial charge in [-0.3, -0.25) is 9.36 Å². The summed E-state index contributed by atoms with van der Waals surface area (Å²) in [7, 11) is 0. The molecule has 0 radical (unpaired) electrons. The third-order valence-electron chi connectivity index (χ3n) is 3.93. The van der Waals surface area contributed by atoms with Gasteiger partial charge in [0.15, 0.2) is 0 Å². The van der Waals surface area contributed by atoms with Crippen molar-refractivity contribution in [3.63, 3.8) is 0 Å². The number of para-hydroxylation sites is 1. The van der Waals surface area contributed by atoms with E-state index in [0.717, 1.165) is 17.4 Å². The highest BCUT2D eigenvalue weighted by Gasteiger charge is 2.36. The molecule has 1 aromatic carbocycles. The van der Waals surface area contributed by atoms with Crippen molar-refractivity contribution >= 4 is 26.8 Å². The molecule has 4 heteroatoms. The molecule has 2 aromatic rings. The molecule has 0 atom stereocenters. The smallest absolute Gasteiger partial charge is 0.261 e. The van der Waals surface area contributed by atoms with Crippen LogP contribution >= 0.6 is 15.9 Å². The van der Waals surface area contributed by atoms with E-state index < -0.39 is 0 Å². The number of halogens is 1. The Kier molecular flexibility index (Phi) is 2.98. The van der Waals surface area contributed by atoms with Crippen molar-refractivity contribution in [3.05, 3.63) is 40.9 Å². The molecule has 94 valence electrons. The first-order chi connectivity index (χ1) is 8.74. The first-order valence-electron chi connectivity index (χ1n) is 6.24. The molecule has 1 aliphatic carbocycles. The van der Waals surface area contributed by atoms with Gasteiger partial charge in [-0.05, 0) is 30.4 Å². The van der Waals surface area contributed by atoms with Gasteiger partial charge in [0, 0.05) is 11.9 Å². The fourth-order valence-electron chi connectivity index (χ4n) is 2.59. The monoisotopic (exact) mass is 306 g/mol. The molecule has 0 spiro atoms. The summed E-state index contributed by atoms with van der Waals surface area (Å²) >= 11 is 3.58. The Hall–Kier alpha value is -1.16. The number of hydrogen-bond acceptors (Lipinski definition) is 2. The molecule has 0 bridgehead atoms. The summed E-state index contributed by atoms with van der Waals surface area (Å²) in [5.41, 5.74) is 1.11. The van der Waals surface area contributed by atoms with Gasteiger partial charge in [0.2, 0.25) is 0 Å². The predicted molar refractivity (Wildman–Crippen MR) is 76.1 cm³/mol. The number of nitrogens with zero attached hydrogens (tertiary/aromatic N) is 2. The van der Waals surface area contributed by atoms with Gasteiger partial charge >= 0.3 is 0 Å². The van der Waals surface area contributed by atoms with E-state index >= 15 is 0 Å². The predicted octanol–water partition coefficient (Wildman–Crippen LogP) is 2.96. The van der Waals surface area contributed by atoms with E-state index in [9.17, 15) is 4.79 Å². The lowest BCUT2D eigenvalue weighted by Gasteiger charge is -2.40.